The summed E-state index contributed by atoms with van der Waals surface area (Å²) in [6, 6.07) is 62.3. The number of para-hydroxylation sites is 1. The molecule has 0 bridgehead atoms. The highest BCUT2D eigenvalue weighted by Crippen LogP contribution is 2.39. The van der Waals surface area contributed by atoms with Crippen molar-refractivity contribution in [1.82, 2.24) is 5.32 Å². The molecule has 248 valence electrons. The summed E-state index contributed by atoms with van der Waals surface area (Å²) in [5.74, 6) is 1.45. The second-order valence-electron chi connectivity index (χ2n) is 13.8. The third-order valence-corrected chi connectivity index (χ3v) is 10.7. The van der Waals surface area contributed by atoms with Crippen LogP contribution in [0.4, 0.5) is 0 Å². The van der Waals surface area contributed by atoms with Crippen LogP contribution in [-0.2, 0) is 0 Å². The molecule has 9 aromatic carbocycles. The van der Waals surface area contributed by atoms with E-state index in [-0.39, 0.29) is 6.17 Å². The van der Waals surface area contributed by atoms with Gasteiger partial charge in [-0.05, 0) is 78.5 Å². The molecule has 0 amide bonds. The van der Waals surface area contributed by atoms with E-state index >= 15 is 0 Å². The number of benzene rings is 9. The molecule has 1 aromatic heterocycles. The van der Waals surface area contributed by atoms with Crippen LogP contribution < -0.4 is 5.32 Å². The van der Waals surface area contributed by atoms with Gasteiger partial charge in [0, 0.05) is 27.5 Å². The molecule has 11 rings (SSSR count). The monoisotopic (exact) mass is 677 g/mol. The summed E-state index contributed by atoms with van der Waals surface area (Å²) in [6.45, 7) is 0. The minimum Gasteiger partial charge on any atom is -0.455 e. The van der Waals surface area contributed by atoms with Crippen molar-refractivity contribution in [3.8, 4) is 11.1 Å². The Morgan fingerprint density at radius 2 is 1.08 bits per heavy atom. The molecule has 1 aliphatic heterocycles. The van der Waals surface area contributed by atoms with Crippen LogP contribution in [0.1, 0.15) is 22.9 Å². The van der Waals surface area contributed by atoms with Crippen molar-refractivity contribution in [2.75, 3.05) is 0 Å². The summed E-state index contributed by atoms with van der Waals surface area (Å²) in [5.41, 5.74) is 6.87. The van der Waals surface area contributed by atoms with E-state index in [1.54, 1.807) is 0 Å². The molecule has 0 spiro atoms. The Morgan fingerprint density at radius 1 is 0.453 bits per heavy atom. The van der Waals surface area contributed by atoms with E-state index in [1.807, 2.05) is 12.1 Å². The molecule has 10 aromatic rings. The Morgan fingerprint density at radius 3 is 1.94 bits per heavy atom. The van der Waals surface area contributed by atoms with Gasteiger partial charge in [0.25, 0.3) is 0 Å². The molecule has 1 N–H and O–H groups in total. The third kappa shape index (κ3) is 4.91. The number of nitrogens with one attached hydrogen (secondary N) is 1. The van der Waals surface area contributed by atoms with Crippen LogP contribution in [0.15, 0.2) is 190 Å². The van der Waals surface area contributed by atoms with Crippen LogP contribution in [0.2, 0.25) is 0 Å². The van der Waals surface area contributed by atoms with Gasteiger partial charge in [-0.3, -0.25) is 0 Å². The van der Waals surface area contributed by atoms with Crippen LogP contribution in [0.25, 0.3) is 76.2 Å². The average Bonchev–Trinajstić information content (AvgIpc) is 3.62. The zero-order valence-electron chi connectivity index (χ0n) is 28.6. The molecule has 1 atom stereocenters. The lowest BCUT2D eigenvalue weighted by molar-refractivity contribution is 0.669. The maximum atomic E-state index is 6.72. The first-order chi connectivity index (χ1) is 26.2. The van der Waals surface area contributed by atoms with Gasteiger partial charge in [0.05, 0.1) is 0 Å². The number of amidine groups is 2. The van der Waals surface area contributed by atoms with Crippen molar-refractivity contribution in [1.29, 1.82) is 0 Å². The minimum absolute atomic E-state index is 0.351. The van der Waals surface area contributed by atoms with Gasteiger partial charge in [-0.2, -0.15) is 0 Å². The fraction of sp³-hybridized carbons (Fsp3) is 0.0204. The number of hydrogen-bond acceptors (Lipinski definition) is 4. The van der Waals surface area contributed by atoms with Crippen molar-refractivity contribution in [3.63, 3.8) is 0 Å². The smallest absolute Gasteiger partial charge is 0.160 e. The summed E-state index contributed by atoms with van der Waals surface area (Å²) < 4.78 is 6.72. The molecule has 1 aliphatic rings. The minimum atomic E-state index is -0.351. The molecule has 2 heterocycles. The number of aliphatic imine (C=N–C) groups is 2. The molecule has 4 nitrogen and oxygen atoms in total. The van der Waals surface area contributed by atoms with Crippen molar-refractivity contribution in [2.45, 2.75) is 6.17 Å². The SMILES string of the molecule is c1ccc2cc(-c3cccc4c3oc3cccc(C5=NC(c6ccc7ccccc7c6)NC(c6ccc7c(ccc8ccccc87)c6)=N5)c34)ccc2c1. The topological polar surface area (TPSA) is 49.9 Å². The standard InChI is InChI=1S/C49H31N3O/c1-3-12-33-27-36(22-19-30(33)9-1)41-15-7-16-42-45-43(17-8-18-44(45)53-46(41)42)49-51-47(37-24-20-31-10-2-4-13-34(31)28-37)50-48(52-49)38-25-26-40-35(29-38)23-21-32-11-5-6-14-39(32)40/h1-29,47H,(H,50,51,52). The van der Waals surface area contributed by atoms with E-state index in [4.69, 9.17) is 14.4 Å². The zero-order chi connectivity index (χ0) is 34.9. The second-order valence-corrected chi connectivity index (χ2v) is 13.8. The zero-order valence-corrected chi connectivity index (χ0v) is 28.6. The maximum Gasteiger partial charge on any atom is 0.160 e. The maximum absolute atomic E-state index is 6.72. The Hall–Kier alpha value is -7.04. The Labute approximate surface area is 305 Å². The molecule has 0 saturated heterocycles. The average molecular weight is 678 g/mol. The molecular weight excluding hydrogens is 647 g/mol. The van der Waals surface area contributed by atoms with Crippen LogP contribution in [0.5, 0.6) is 0 Å². The lowest BCUT2D eigenvalue weighted by Gasteiger charge is -2.24. The van der Waals surface area contributed by atoms with Crippen molar-refractivity contribution < 1.29 is 4.42 Å². The summed E-state index contributed by atoms with van der Waals surface area (Å²) in [4.78, 5) is 10.6. The first-order valence-corrected chi connectivity index (χ1v) is 18.0. The van der Waals surface area contributed by atoms with E-state index in [0.717, 1.165) is 55.6 Å². The van der Waals surface area contributed by atoms with Gasteiger partial charge in [-0.25, -0.2) is 9.98 Å². The van der Waals surface area contributed by atoms with E-state index < -0.39 is 0 Å². The van der Waals surface area contributed by atoms with Gasteiger partial charge < -0.3 is 9.73 Å². The molecule has 1 unspecified atom stereocenters. The highest BCUT2D eigenvalue weighted by molar-refractivity contribution is 6.23. The van der Waals surface area contributed by atoms with Gasteiger partial charge in [-0.1, -0.05) is 152 Å². The fourth-order valence-corrected chi connectivity index (χ4v) is 8.04. The predicted molar refractivity (Wildman–Crippen MR) is 221 cm³/mol. The highest BCUT2D eigenvalue weighted by Gasteiger charge is 2.24. The normalized spacial score (nSPS) is 14.6. The Kier molecular flexibility index (Phi) is 6.58. The van der Waals surface area contributed by atoms with E-state index in [2.05, 4.69) is 169 Å². The molecule has 0 fully saturated rings. The first kappa shape index (κ1) is 29.7. The van der Waals surface area contributed by atoms with Crippen LogP contribution >= 0.6 is 0 Å². The number of fused-ring (bicyclic) bond motifs is 8. The van der Waals surface area contributed by atoms with Gasteiger partial charge in [0.15, 0.2) is 5.84 Å². The van der Waals surface area contributed by atoms with Gasteiger partial charge in [0.1, 0.15) is 23.2 Å². The first-order valence-electron chi connectivity index (χ1n) is 18.0. The van der Waals surface area contributed by atoms with E-state index in [1.165, 1.54) is 43.1 Å². The molecule has 4 heteroatoms. The van der Waals surface area contributed by atoms with Crippen LogP contribution in [0.3, 0.4) is 0 Å². The van der Waals surface area contributed by atoms with Gasteiger partial charge >= 0.3 is 0 Å². The second kappa shape index (κ2) is 11.8. The summed E-state index contributed by atoms with van der Waals surface area (Å²) in [6.07, 6.45) is -0.351. The molecular formula is C49H31N3O. The quantitative estimate of drug-likeness (QED) is 0.189. The highest BCUT2D eigenvalue weighted by atomic mass is 16.3. The van der Waals surface area contributed by atoms with Crippen molar-refractivity contribution in [2.24, 2.45) is 9.98 Å². The van der Waals surface area contributed by atoms with Crippen LogP contribution in [-0.4, -0.2) is 11.7 Å². The number of rotatable bonds is 4. The van der Waals surface area contributed by atoms with Gasteiger partial charge in [0.2, 0.25) is 0 Å². The Bertz CT molecular complexity index is 3170. The largest absolute Gasteiger partial charge is 0.455 e. The van der Waals surface area contributed by atoms with E-state index in [0.29, 0.717) is 5.84 Å². The van der Waals surface area contributed by atoms with E-state index in [9.17, 15) is 0 Å². The summed E-state index contributed by atoms with van der Waals surface area (Å²) in [7, 11) is 0. The molecule has 0 aliphatic carbocycles. The summed E-state index contributed by atoms with van der Waals surface area (Å²) in [5, 5.41) is 15.4. The Balaban J connectivity index is 1.10. The lowest BCUT2D eigenvalue weighted by atomic mass is 9.98. The van der Waals surface area contributed by atoms with Crippen molar-refractivity contribution >= 4 is 76.7 Å². The van der Waals surface area contributed by atoms with Crippen molar-refractivity contribution in [3.05, 3.63) is 193 Å². The lowest BCUT2D eigenvalue weighted by Crippen LogP contribution is -2.33. The third-order valence-electron chi connectivity index (χ3n) is 10.7. The summed E-state index contributed by atoms with van der Waals surface area (Å²) >= 11 is 0. The van der Waals surface area contributed by atoms with Crippen LogP contribution in [0, 0.1) is 0 Å². The predicted octanol–water partition coefficient (Wildman–Crippen LogP) is 12.4. The number of nitrogens with zero attached hydrogens (tertiary/aromatic N) is 2. The fourth-order valence-electron chi connectivity index (χ4n) is 8.04. The molecule has 0 saturated carbocycles. The number of furan rings is 1. The molecule has 0 radical (unpaired) electrons. The molecule has 53 heavy (non-hydrogen) atoms. The number of hydrogen-bond donors (Lipinski definition) is 1. The van der Waals surface area contributed by atoms with Gasteiger partial charge in [-0.15, -0.1) is 0 Å².